The lowest BCUT2D eigenvalue weighted by Gasteiger charge is -2.07. The van der Waals surface area contributed by atoms with Gasteiger partial charge in [-0.05, 0) is 36.4 Å². The third-order valence-electron chi connectivity index (χ3n) is 3.78. The maximum absolute atomic E-state index is 12.8. The molecule has 0 amide bonds. The van der Waals surface area contributed by atoms with Crippen molar-refractivity contribution in [2.45, 2.75) is 6.29 Å². The molecule has 1 fully saturated rings. The van der Waals surface area contributed by atoms with Crippen LogP contribution in [0, 0.1) is 0 Å². The molecule has 3 aromatic rings. The van der Waals surface area contributed by atoms with E-state index in [9.17, 15) is 4.79 Å². The number of thiophene rings is 1. The molecule has 5 heteroatoms. The third kappa shape index (κ3) is 3.64. The first-order chi connectivity index (χ1) is 12.3. The molecular weight excluding hydrogens is 336 g/mol. The van der Waals surface area contributed by atoms with Crippen molar-refractivity contribution in [1.29, 1.82) is 0 Å². The third-order valence-corrected chi connectivity index (χ3v) is 4.89. The monoisotopic (exact) mass is 352 g/mol. The number of rotatable bonds is 5. The summed E-state index contributed by atoms with van der Waals surface area (Å²) in [6, 6.07) is 20.4. The van der Waals surface area contributed by atoms with Gasteiger partial charge in [-0.2, -0.15) is 0 Å². The first kappa shape index (κ1) is 16.0. The van der Waals surface area contributed by atoms with Crippen molar-refractivity contribution >= 4 is 17.1 Å². The summed E-state index contributed by atoms with van der Waals surface area (Å²) < 4.78 is 16.8. The molecule has 0 spiro atoms. The number of ketones is 1. The average molecular weight is 352 g/mol. The second-order valence-corrected chi connectivity index (χ2v) is 6.66. The molecule has 2 heterocycles. The van der Waals surface area contributed by atoms with E-state index in [1.807, 2.05) is 54.6 Å². The van der Waals surface area contributed by atoms with Crippen molar-refractivity contribution in [2.24, 2.45) is 0 Å². The van der Waals surface area contributed by atoms with Gasteiger partial charge in [0.25, 0.3) is 0 Å². The van der Waals surface area contributed by atoms with E-state index in [1.165, 1.54) is 11.3 Å². The van der Waals surface area contributed by atoms with Crippen LogP contribution in [0.3, 0.4) is 0 Å². The summed E-state index contributed by atoms with van der Waals surface area (Å²) in [5.74, 6) is 1.34. The molecule has 4 rings (SSSR count). The van der Waals surface area contributed by atoms with Crippen LogP contribution in [-0.4, -0.2) is 19.0 Å². The van der Waals surface area contributed by atoms with Crippen molar-refractivity contribution < 1.29 is 19.0 Å². The Bertz CT molecular complexity index is 866. The van der Waals surface area contributed by atoms with Gasteiger partial charge >= 0.3 is 0 Å². The SMILES string of the molecule is O=C(c1cccc(Oc2ccccc2)c1)c1ccc(C2OCCO2)s1. The van der Waals surface area contributed by atoms with E-state index in [0.717, 1.165) is 10.6 Å². The lowest BCUT2D eigenvalue weighted by Crippen LogP contribution is -1.99. The molecule has 4 nitrogen and oxygen atoms in total. The number of hydrogen-bond donors (Lipinski definition) is 0. The van der Waals surface area contributed by atoms with Gasteiger partial charge in [-0.1, -0.05) is 30.3 Å². The zero-order valence-electron chi connectivity index (χ0n) is 13.4. The topological polar surface area (TPSA) is 44.8 Å². The van der Waals surface area contributed by atoms with Crippen LogP contribution < -0.4 is 4.74 Å². The fourth-order valence-corrected chi connectivity index (χ4v) is 3.56. The molecule has 0 saturated carbocycles. The van der Waals surface area contributed by atoms with Crippen LogP contribution in [0.2, 0.25) is 0 Å². The van der Waals surface area contributed by atoms with Gasteiger partial charge in [-0.15, -0.1) is 11.3 Å². The maximum Gasteiger partial charge on any atom is 0.203 e. The predicted octanol–water partition coefficient (Wildman–Crippen LogP) is 4.82. The molecule has 0 N–H and O–H groups in total. The Hall–Kier alpha value is -2.47. The summed E-state index contributed by atoms with van der Waals surface area (Å²) in [7, 11) is 0. The van der Waals surface area contributed by atoms with E-state index in [0.29, 0.717) is 29.4 Å². The van der Waals surface area contributed by atoms with E-state index >= 15 is 0 Å². The van der Waals surface area contributed by atoms with Crippen molar-refractivity contribution in [3.8, 4) is 11.5 Å². The van der Waals surface area contributed by atoms with Gasteiger partial charge in [0.05, 0.1) is 23.0 Å². The summed E-state index contributed by atoms with van der Waals surface area (Å²) in [6.45, 7) is 1.18. The summed E-state index contributed by atoms with van der Waals surface area (Å²) >= 11 is 1.40. The quantitative estimate of drug-likeness (QED) is 0.618. The molecule has 2 aromatic carbocycles. The van der Waals surface area contributed by atoms with Crippen LogP contribution in [0.1, 0.15) is 26.4 Å². The van der Waals surface area contributed by atoms with Crippen molar-refractivity contribution in [3.05, 3.63) is 82.0 Å². The number of ether oxygens (including phenoxy) is 3. The smallest absolute Gasteiger partial charge is 0.203 e. The Balaban J connectivity index is 1.53. The molecule has 0 bridgehead atoms. The molecule has 126 valence electrons. The molecule has 0 radical (unpaired) electrons. The molecule has 0 aliphatic carbocycles. The summed E-state index contributed by atoms with van der Waals surface area (Å²) in [5, 5.41) is 0. The number of hydrogen-bond acceptors (Lipinski definition) is 5. The molecular formula is C20H16O4S. The standard InChI is InChI=1S/C20H16O4S/c21-19(17-9-10-18(25-17)20-22-11-12-23-20)14-5-4-8-16(13-14)24-15-6-2-1-3-7-15/h1-10,13,20H,11-12H2. The zero-order chi connectivity index (χ0) is 17.1. The fourth-order valence-electron chi connectivity index (χ4n) is 2.59. The van der Waals surface area contributed by atoms with Gasteiger partial charge in [-0.3, -0.25) is 4.79 Å². The van der Waals surface area contributed by atoms with Gasteiger partial charge < -0.3 is 14.2 Å². The molecule has 1 saturated heterocycles. The number of para-hydroxylation sites is 1. The van der Waals surface area contributed by atoms with Crippen LogP contribution in [0.5, 0.6) is 11.5 Å². The number of benzene rings is 2. The summed E-state index contributed by atoms with van der Waals surface area (Å²) in [4.78, 5) is 14.3. The maximum atomic E-state index is 12.8. The molecule has 1 aromatic heterocycles. The van der Waals surface area contributed by atoms with Gasteiger partial charge in [0.15, 0.2) is 6.29 Å². The van der Waals surface area contributed by atoms with Gasteiger partial charge in [0.2, 0.25) is 5.78 Å². The van der Waals surface area contributed by atoms with Gasteiger partial charge in [0, 0.05) is 5.56 Å². The minimum atomic E-state index is -0.348. The van der Waals surface area contributed by atoms with Crippen LogP contribution in [-0.2, 0) is 9.47 Å². The lowest BCUT2D eigenvalue weighted by molar-refractivity contribution is -0.0413. The minimum absolute atomic E-state index is 0.0345. The normalized spacial score (nSPS) is 14.6. The Kier molecular flexibility index (Phi) is 4.61. The van der Waals surface area contributed by atoms with Crippen LogP contribution >= 0.6 is 11.3 Å². The summed E-state index contributed by atoms with van der Waals surface area (Å²) in [5.41, 5.74) is 0.593. The van der Waals surface area contributed by atoms with E-state index < -0.39 is 0 Å². The van der Waals surface area contributed by atoms with Crippen molar-refractivity contribution in [1.82, 2.24) is 0 Å². The van der Waals surface area contributed by atoms with Crippen LogP contribution in [0.15, 0.2) is 66.7 Å². The highest BCUT2D eigenvalue weighted by molar-refractivity contribution is 7.14. The molecule has 0 atom stereocenters. The Morgan fingerprint density at radius 3 is 2.48 bits per heavy atom. The molecule has 1 aliphatic heterocycles. The largest absolute Gasteiger partial charge is 0.457 e. The van der Waals surface area contributed by atoms with Gasteiger partial charge in [0.1, 0.15) is 11.5 Å². The van der Waals surface area contributed by atoms with Gasteiger partial charge in [-0.25, -0.2) is 0 Å². The first-order valence-electron chi connectivity index (χ1n) is 8.00. The fraction of sp³-hybridized carbons (Fsp3) is 0.150. The van der Waals surface area contributed by atoms with E-state index in [4.69, 9.17) is 14.2 Å². The highest BCUT2D eigenvalue weighted by atomic mass is 32.1. The number of carbonyl (C=O) groups is 1. The molecule has 0 unspecified atom stereocenters. The second-order valence-electron chi connectivity index (χ2n) is 5.55. The Morgan fingerprint density at radius 2 is 1.68 bits per heavy atom. The van der Waals surface area contributed by atoms with Crippen LogP contribution in [0.4, 0.5) is 0 Å². The van der Waals surface area contributed by atoms with Crippen LogP contribution in [0.25, 0.3) is 0 Å². The minimum Gasteiger partial charge on any atom is -0.457 e. The Morgan fingerprint density at radius 1 is 0.920 bits per heavy atom. The first-order valence-corrected chi connectivity index (χ1v) is 8.82. The lowest BCUT2D eigenvalue weighted by atomic mass is 10.1. The molecule has 1 aliphatic rings. The van der Waals surface area contributed by atoms with Crippen molar-refractivity contribution in [3.63, 3.8) is 0 Å². The predicted molar refractivity (Wildman–Crippen MR) is 95.4 cm³/mol. The van der Waals surface area contributed by atoms with Crippen molar-refractivity contribution in [2.75, 3.05) is 13.2 Å². The van der Waals surface area contributed by atoms with E-state index in [-0.39, 0.29) is 12.1 Å². The summed E-state index contributed by atoms with van der Waals surface area (Å²) in [6.07, 6.45) is -0.348. The van der Waals surface area contributed by atoms with E-state index in [2.05, 4.69) is 0 Å². The molecule has 25 heavy (non-hydrogen) atoms. The highest BCUT2D eigenvalue weighted by Gasteiger charge is 2.22. The zero-order valence-corrected chi connectivity index (χ0v) is 14.2. The average Bonchev–Trinajstić information content (AvgIpc) is 3.34. The van der Waals surface area contributed by atoms with E-state index in [1.54, 1.807) is 12.1 Å². The Labute approximate surface area is 149 Å². The second kappa shape index (κ2) is 7.19. The number of carbonyl (C=O) groups excluding carboxylic acids is 1. The highest BCUT2D eigenvalue weighted by Crippen LogP contribution is 2.31.